The summed E-state index contributed by atoms with van der Waals surface area (Å²) in [7, 11) is 0. The molecular formula is C12H18N2O11. The van der Waals surface area contributed by atoms with Crippen LogP contribution in [0, 0.1) is 32.1 Å². The predicted molar refractivity (Wildman–Crippen MR) is 74.1 cm³/mol. The maximum atomic E-state index is 11.6. The molecule has 0 aliphatic carbocycles. The molecule has 2 rings (SSSR count). The Morgan fingerprint density at radius 3 is 2.36 bits per heavy atom. The Kier molecular flexibility index (Phi) is 5.92. The number of carboxylic acids is 1. The Hall–Kier alpha value is -2.25. The van der Waals surface area contributed by atoms with Crippen molar-refractivity contribution in [2.75, 3.05) is 13.2 Å². The van der Waals surface area contributed by atoms with E-state index in [9.17, 15) is 35.2 Å². The van der Waals surface area contributed by atoms with Crippen molar-refractivity contribution >= 4 is 5.97 Å². The van der Waals surface area contributed by atoms with Gasteiger partial charge < -0.3 is 29.4 Å². The highest BCUT2D eigenvalue weighted by Crippen LogP contribution is 2.37. The summed E-state index contributed by atoms with van der Waals surface area (Å²) in [5.41, 5.74) is 0. The molecule has 2 fully saturated rings. The third-order valence-electron chi connectivity index (χ3n) is 4.38. The highest BCUT2D eigenvalue weighted by molar-refractivity contribution is 5.70. The average Bonchev–Trinajstić information content (AvgIpc) is 3.05. The topological polar surface area (TPSA) is 181 Å². The van der Waals surface area contributed by atoms with E-state index in [1.165, 1.54) is 6.92 Å². The van der Waals surface area contributed by atoms with E-state index in [4.69, 9.17) is 9.47 Å². The quantitative estimate of drug-likeness (QED) is 0.378. The first-order chi connectivity index (χ1) is 11.7. The summed E-state index contributed by atoms with van der Waals surface area (Å²) >= 11 is 0. The van der Waals surface area contributed by atoms with Gasteiger partial charge in [0.1, 0.15) is 24.4 Å². The molecule has 0 aromatic rings. The monoisotopic (exact) mass is 366 g/mol. The second kappa shape index (κ2) is 7.76. The van der Waals surface area contributed by atoms with Crippen molar-refractivity contribution < 1.29 is 44.3 Å². The summed E-state index contributed by atoms with van der Waals surface area (Å²) in [4.78, 5) is 41.4. The van der Waals surface area contributed by atoms with Gasteiger partial charge in [-0.3, -0.25) is 4.79 Å². The Bertz CT molecular complexity index is 529. The predicted octanol–water partition coefficient (Wildman–Crippen LogP) is -0.974. The van der Waals surface area contributed by atoms with Gasteiger partial charge in [0.2, 0.25) is 0 Å². The highest BCUT2D eigenvalue weighted by Gasteiger charge is 2.52. The molecule has 0 aromatic heterocycles. The van der Waals surface area contributed by atoms with Gasteiger partial charge in [0.25, 0.3) is 10.2 Å². The third kappa shape index (κ3) is 4.43. The maximum absolute atomic E-state index is 11.6. The fourth-order valence-electron chi connectivity index (χ4n) is 3.20. The van der Waals surface area contributed by atoms with Crippen molar-refractivity contribution in [2.24, 2.45) is 11.8 Å². The molecule has 13 nitrogen and oxygen atoms in total. The molecule has 0 aromatic carbocycles. The normalized spacial score (nSPS) is 31.6. The molecule has 2 heterocycles. The summed E-state index contributed by atoms with van der Waals surface area (Å²) in [6.45, 7) is 1.13. The second-order valence-electron chi connectivity index (χ2n) is 5.91. The number of aliphatic hydroxyl groups is 1. The van der Waals surface area contributed by atoms with Gasteiger partial charge in [0.05, 0.1) is 25.2 Å². The van der Waals surface area contributed by atoms with Crippen LogP contribution in [0.2, 0.25) is 0 Å². The molecule has 2 aliphatic heterocycles. The molecule has 7 atom stereocenters. The average molecular weight is 366 g/mol. The lowest BCUT2D eigenvalue weighted by Crippen LogP contribution is -2.41. The Labute approximate surface area is 140 Å². The lowest BCUT2D eigenvalue weighted by Gasteiger charge is -2.27. The first-order valence-corrected chi connectivity index (χ1v) is 7.47. The molecule has 0 saturated carbocycles. The Morgan fingerprint density at radius 2 is 1.80 bits per heavy atom. The van der Waals surface area contributed by atoms with Crippen molar-refractivity contribution in [3.8, 4) is 0 Å². The largest absolute Gasteiger partial charge is 0.481 e. The smallest absolute Gasteiger partial charge is 0.307 e. The maximum Gasteiger partial charge on any atom is 0.307 e. The van der Waals surface area contributed by atoms with E-state index in [2.05, 4.69) is 9.68 Å². The molecule has 0 radical (unpaired) electrons. The number of carbonyl (C=O) groups is 1. The molecule has 2 aliphatic rings. The molecule has 3 unspecified atom stereocenters. The van der Waals surface area contributed by atoms with E-state index >= 15 is 0 Å². The fraction of sp³-hybridized carbons (Fsp3) is 0.917. The van der Waals surface area contributed by atoms with Gasteiger partial charge in [-0.25, -0.2) is 0 Å². The van der Waals surface area contributed by atoms with Crippen LogP contribution >= 0.6 is 0 Å². The van der Waals surface area contributed by atoms with Crippen molar-refractivity contribution in [3.05, 3.63) is 20.2 Å². The SMILES string of the molecule is CC(O[N+](=O)[O-])C(CC(C(=O)O)[C@@H]1CO[C@H]2[C@@H]1OC[C@H]2O)O[N+](=O)[O-]. The van der Waals surface area contributed by atoms with Crippen LogP contribution in [0.1, 0.15) is 13.3 Å². The van der Waals surface area contributed by atoms with Gasteiger partial charge in [0, 0.05) is 5.92 Å². The number of ether oxygens (including phenoxy) is 2. The molecule has 13 heteroatoms. The summed E-state index contributed by atoms with van der Waals surface area (Å²) < 4.78 is 10.7. The van der Waals surface area contributed by atoms with Crippen LogP contribution in [-0.4, -0.2) is 70.1 Å². The van der Waals surface area contributed by atoms with Crippen LogP contribution in [0.4, 0.5) is 0 Å². The summed E-state index contributed by atoms with van der Waals surface area (Å²) in [5, 5.41) is 38.0. The number of aliphatic hydroxyl groups excluding tert-OH is 1. The van der Waals surface area contributed by atoms with Crippen LogP contribution < -0.4 is 0 Å². The third-order valence-corrected chi connectivity index (χ3v) is 4.38. The molecule has 142 valence electrons. The van der Waals surface area contributed by atoms with Gasteiger partial charge in [0.15, 0.2) is 0 Å². The Balaban J connectivity index is 2.13. The number of aliphatic carboxylic acids is 1. The summed E-state index contributed by atoms with van der Waals surface area (Å²) in [6, 6.07) is 0. The second-order valence-corrected chi connectivity index (χ2v) is 5.91. The number of fused-ring (bicyclic) bond motifs is 1. The lowest BCUT2D eigenvalue weighted by molar-refractivity contribution is -0.798. The summed E-state index contributed by atoms with van der Waals surface area (Å²) in [5.74, 6) is -3.19. The number of carboxylic acid groups (broad SMARTS) is 1. The Morgan fingerprint density at radius 1 is 1.20 bits per heavy atom. The molecule has 0 bridgehead atoms. The van der Waals surface area contributed by atoms with Crippen LogP contribution in [0.3, 0.4) is 0 Å². The van der Waals surface area contributed by atoms with Crippen molar-refractivity contribution in [1.29, 1.82) is 0 Å². The van der Waals surface area contributed by atoms with Gasteiger partial charge in [-0.2, -0.15) is 0 Å². The van der Waals surface area contributed by atoms with Gasteiger partial charge >= 0.3 is 5.97 Å². The standard InChI is InChI=1S/C12H18N2O11/c1-5(24-13(18)19)9(25-14(20)21)2-6(12(16)17)7-3-22-11-8(15)4-23-10(7)11/h5-11,15H,2-4H2,1H3,(H,16,17)/t5?,6?,7-,8+,9?,10+,11+/m0/s1. The number of hydrogen-bond acceptors (Lipinski definition) is 10. The van der Waals surface area contributed by atoms with E-state index < -0.39 is 64.9 Å². The van der Waals surface area contributed by atoms with Crippen molar-refractivity contribution in [1.82, 2.24) is 0 Å². The number of hydrogen-bond donors (Lipinski definition) is 2. The van der Waals surface area contributed by atoms with Gasteiger partial charge in [-0.15, -0.1) is 20.2 Å². The van der Waals surface area contributed by atoms with Crippen LogP contribution in [0.15, 0.2) is 0 Å². The fourth-order valence-corrected chi connectivity index (χ4v) is 3.20. The van der Waals surface area contributed by atoms with E-state index in [-0.39, 0.29) is 13.2 Å². The molecule has 25 heavy (non-hydrogen) atoms. The molecule has 0 amide bonds. The minimum absolute atomic E-state index is 0.00611. The first-order valence-electron chi connectivity index (χ1n) is 7.47. The van der Waals surface area contributed by atoms with E-state index in [1.807, 2.05) is 0 Å². The minimum atomic E-state index is -1.48. The van der Waals surface area contributed by atoms with Crippen LogP contribution in [-0.2, 0) is 23.9 Å². The van der Waals surface area contributed by atoms with Crippen LogP contribution in [0.5, 0.6) is 0 Å². The number of rotatable bonds is 9. The number of nitrogens with zero attached hydrogens (tertiary/aromatic N) is 2. The van der Waals surface area contributed by atoms with E-state index in [1.54, 1.807) is 0 Å². The first kappa shape index (κ1) is 19.1. The van der Waals surface area contributed by atoms with E-state index in [0.29, 0.717) is 0 Å². The highest BCUT2D eigenvalue weighted by atomic mass is 17.0. The van der Waals surface area contributed by atoms with Gasteiger partial charge in [-0.1, -0.05) is 0 Å². The van der Waals surface area contributed by atoms with E-state index in [0.717, 1.165) is 0 Å². The van der Waals surface area contributed by atoms with Crippen molar-refractivity contribution in [3.63, 3.8) is 0 Å². The zero-order chi connectivity index (χ0) is 18.7. The van der Waals surface area contributed by atoms with Gasteiger partial charge in [-0.05, 0) is 13.3 Å². The molecular weight excluding hydrogens is 348 g/mol. The molecule has 0 spiro atoms. The zero-order valence-electron chi connectivity index (χ0n) is 13.1. The molecule has 2 saturated heterocycles. The molecule has 2 N–H and O–H groups in total. The van der Waals surface area contributed by atoms with Crippen molar-refractivity contribution in [2.45, 2.75) is 43.9 Å². The van der Waals surface area contributed by atoms with Crippen LogP contribution in [0.25, 0.3) is 0 Å². The summed E-state index contributed by atoms with van der Waals surface area (Å²) in [6.07, 6.45) is -5.51. The zero-order valence-corrected chi connectivity index (χ0v) is 13.1. The minimum Gasteiger partial charge on any atom is -0.481 e. The lowest BCUT2D eigenvalue weighted by atomic mass is 9.83.